The Bertz CT molecular complexity index is 1750. The Hall–Kier alpha value is -4.96. The van der Waals surface area contributed by atoms with Gasteiger partial charge in [0, 0.05) is 24.1 Å². The number of nitrogens with zero attached hydrogens (tertiary/aromatic N) is 4. The highest BCUT2D eigenvalue weighted by Gasteiger charge is 2.55. The lowest BCUT2D eigenvalue weighted by molar-refractivity contribution is -0.161. The van der Waals surface area contributed by atoms with Gasteiger partial charge < -0.3 is 40.3 Å². The van der Waals surface area contributed by atoms with Gasteiger partial charge in [-0.15, -0.1) is 0 Å². The summed E-state index contributed by atoms with van der Waals surface area (Å²) in [5, 5.41) is 28.2. The number of nitrogens with one attached hydrogen (secondary N) is 2. The van der Waals surface area contributed by atoms with Gasteiger partial charge in [-0.1, -0.05) is 22.1 Å². The topological polar surface area (TPSA) is 306 Å². The van der Waals surface area contributed by atoms with Crippen LogP contribution in [0, 0.1) is 0 Å². The van der Waals surface area contributed by atoms with E-state index in [1.54, 1.807) is 0 Å². The third-order valence-electron chi connectivity index (χ3n) is 6.08. The van der Waals surface area contributed by atoms with Crippen molar-refractivity contribution in [2.45, 2.75) is 37.6 Å². The Labute approximate surface area is 250 Å². The summed E-state index contributed by atoms with van der Waals surface area (Å²) in [4.78, 5) is 73.0. The maximum absolute atomic E-state index is 13.2. The van der Waals surface area contributed by atoms with E-state index in [9.17, 15) is 47.2 Å². The molecule has 22 heteroatoms. The van der Waals surface area contributed by atoms with Crippen LogP contribution in [0.25, 0.3) is 11.4 Å². The number of aromatic nitrogens is 2. The number of thioether (sulfide) groups is 1. The highest BCUT2D eigenvalue weighted by atomic mass is 32.2. The quantitative estimate of drug-likeness (QED) is 0.0503. The summed E-state index contributed by atoms with van der Waals surface area (Å²) >= 11 is 1.05. The zero-order chi connectivity index (χ0) is 32.6. The first-order chi connectivity index (χ1) is 20.5. The van der Waals surface area contributed by atoms with Crippen LogP contribution in [-0.4, -0.2) is 108 Å². The van der Waals surface area contributed by atoms with Crippen LogP contribution >= 0.6 is 11.8 Å². The number of oxime groups is 1. The van der Waals surface area contributed by atoms with E-state index < -0.39 is 87.0 Å². The minimum absolute atomic E-state index is 0.0271. The van der Waals surface area contributed by atoms with Gasteiger partial charge in [0.25, 0.3) is 11.8 Å². The predicted octanol–water partition coefficient (Wildman–Crippen LogP) is -1.94. The number of H-pyrrole nitrogens is 1. The fourth-order valence-electron chi connectivity index (χ4n) is 3.67. The maximum atomic E-state index is 13.2. The van der Waals surface area contributed by atoms with Crippen molar-refractivity contribution in [3.63, 3.8) is 0 Å². The van der Waals surface area contributed by atoms with Crippen LogP contribution in [0.15, 0.2) is 37.8 Å². The zero-order valence-corrected chi connectivity index (χ0v) is 24.1. The molecule has 7 N–H and O–H groups in total. The number of aliphatic carboxylic acids is 1. The molecule has 1 saturated heterocycles. The molecular weight excluding hydrogens is 634 g/mol. The fraction of sp³-hybridized carbons (Fsp3) is 0.364. The first-order valence-electron chi connectivity index (χ1n) is 12.1. The van der Waals surface area contributed by atoms with Crippen molar-refractivity contribution < 1.29 is 56.5 Å². The average molecular weight is 658 g/mol. The van der Waals surface area contributed by atoms with Crippen LogP contribution in [0.1, 0.15) is 24.4 Å². The Morgan fingerprint density at radius 1 is 1.32 bits per heavy atom. The molecule has 2 amide bonds. The molecule has 0 radical (unpaired) electrons. The second kappa shape index (κ2) is 12.0. The molecule has 2 aromatic rings. The van der Waals surface area contributed by atoms with Gasteiger partial charge in [0.1, 0.15) is 30.4 Å². The van der Waals surface area contributed by atoms with E-state index in [4.69, 9.17) is 19.8 Å². The SMILES string of the molecule is CC(C)(O/N=C(\C(=O)N[C@@H]1C(=O)N(S(=O)(=O)O)[C@@H]1COC(=O)c1cc(-c2cc(=O)c(O)c[nH]2)no1)C1CSC(N)=N1)C(=O)O. The number of amidine groups is 1. The molecule has 4 rings (SSSR count). The van der Waals surface area contributed by atoms with Gasteiger partial charge in [-0.05, 0) is 13.8 Å². The second-order valence-corrected chi connectivity index (χ2v) is 11.9. The lowest BCUT2D eigenvalue weighted by Gasteiger charge is -2.43. The van der Waals surface area contributed by atoms with Crippen molar-refractivity contribution in [2.24, 2.45) is 15.9 Å². The van der Waals surface area contributed by atoms with Crippen molar-refractivity contribution >= 4 is 56.7 Å². The number of carbonyl (C=O) groups excluding carboxylic acids is 3. The molecule has 3 atom stereocenters. The number of aromatic hydroxyl groups is 1. The minimum atomic E-state index is -5.18. The number of hydrogen-bond acceptors (Lipinski definition) is 16. The van der Waals surface area contributed by atoms with E-state index in [0.717, 1.165) is 43.9 Å². The van der Waals surface area contributed by atoms with Crippen LogP contribution in [0.4, 0.5) is 0 Å². The van der Waals surface area contributed by atoms with Crippen LogP contribution in [0.3, 0.4) is 0 Å². The number of β-lactam (4-membered cyclic amide) rings is 1. The minimum Gasteiger partial charge on any atom is -0.503 e. The van der Waals surface area contributed by atoms with Gasteiger partial charge in [-0.25, -0.2) is 13.9 Å². The van der Waals surface area contributed by atoms with Gasteiger partial charge in [0.15, 0.2) is 16.6 Å². The molecular formula is C22H23N7O13S2. The van der Waals surface area contributed by atoms with Crippen molar-refractivity contribution in [3.8, 4) is 17.1 Å². The molecule has 2 aliphatic rings. The maximum Gasteiger partial charge on any atom is 0.377 e. The largest absolute Gasteiger partial charge is 0.503 e. The number of carbonyl (C=O) groups is 4. The molecule has 0 bridgehead atoms. The molecule has 44 heavy (non-hydrogen) atoms. The molecule has 20 nitrogen and oxygen atoms in total. The lowest BCUT2D eigenvalue weighted by atomic mass is 9.99. The lowest BCUT2D eigenvalue weighted by Crippen LogP contribution is -2.73. The summed E-state index contributed by atoms with van der Waals surface area (Å²) < 4.78 is 43.1. The summed E-state index contributed by atoms with van der Waals surface area (Å²) in [5.41, 5.74) is 2.57. The standard InChI is InChI=1S/C22H23N7O13S2/c1-22(2,20(35)36)42-28-15(10-7-43-21(23)25-10)17(32)26-16-11(29(18(16)33)44(37,38)39)6-40-19(34)14-4-9(27-41-14)8-3-12(30)13(31)5-24-8/h3-5,10-11,16,31H,6-7H2,1-2H3,(H2,23,25)(H,24,30)(H,26,32)(H,35,36)(H,37,38,39)/b28-15-/t10?,11-,16+/m1/s1. The molecule has 2 aromatic heterocycles. The summed E-state index contributed by atoms with van der Waals surface area (Å²) in [6.07, 6.45) is 0.985. The number of hydrogen-bond donors (Lipinski definition) is 6. The molecule has 1 fully saturated rings. The van der Waals surface area contributed by atoms with E-state index in [2.05, 4.69) is 25.6 Å². The number of nitrogens with two attached hydrogens (primary N) is 1. The Morgan fingerprint density at radius 3 is 2.61 bits per heavy atom. The number of carboxylic acid groups (broad SMARTS) is 1. The van der Waals surface area contributed by atoms with Crippen LogP contribution in [0.5, 0.6) is 5.75 Å². The highest BCUT2D eigenvalue weighted by molar-refractivity contribution is 8.14. The van der Waals surface area contributed by atoms with E-state index >= 15 is 0 Å². The molecule has 2 aliphatic heterocycles. The summed E-state index contributed by atoms with van der Waals surface area (Å²) in [6.45, 7) is 1.42. The van der Waals surface area contributed by atoms with E-state index in [0.29, 0.717) is 0 Å². The van der Waals surface area contributed by atoms with Crippen LogP contribution in [-0.2, 0) is 34.3 Å². The number of aliphatic imine (C=N–C) groups is 1. The van der Waals surface area contributed by atoms with Gasteiger partial charge in [0.2, 0.25) is 16.8 Å². The first-order valence-corrected chi connectivity index (χ1v) is 14.5. The highest BCUT2D eigenvalue weighted by Crippen LogP contribution is 2.26. The van der Waals surface area contributed by atoms with Gasteiger partial charge in [-0.3, -0.25) is 23.9 Å². The van der Waals surface area contributed by atoms with Crippen LogP contribution < -0.4 is 16.5 Å². The van der Waals surface area contributed by atoms with Crippen molar-refractivity contribution in [1.82, 2.24) is 19.8 Å². The number of esters is 1. The van der Waals surface area contributed by atoms with Gasteiger partial charge >= 0.3 is 22.2 Å². The smallest absolute Gasteiger partial charge is 0.377 e. The molecule has 0 spiro atoms. The number of carboxylic acids is 1. The summed E-state index contributed by atoms with van der Waals surface area (Å²) in [5.74, 6) is -6.02. The van der Waals surface area contributed by atoms with E-state index in [-0.39, 0.29) is 26.6 Å². The Kier molecular flexibility index (Phi) is 8.69. The average Bonchev–Trinajstić information content (AvgIpc) is 3.60. The second-order valence-electron chi connectivity index (χ2n) is 9.58. The third kappa shape index (κ3) is 6.65. The van der Waals surface area contributed by atoms with Crippen molar-refractivity contribution in [2.75, 3.05) is 12.4 Å². The first kappa shape index (κ1) is 32.0. The van der Waals surface area contributed by atoms with Crippen molar-refractivity contribution in [3.05, 3.63) is 34.3 Å². The molecule has 4 heterocycles. The number of pyridine rings is 1. The molecule has 0 aromatic carbocycles. The van der Waals surface area contributed by atoms with Gasteiger partial charge in [-0.2, -0.15) is 8.42 Å². The molecule has 236 valence electrons. The number of amides is 2. The van der Waals surface area contributed by atoms with E-state index in [1.807, 2.05) is 0 Å². The monoisotopic (exact) mass is 657 g/mol. The number of aromatic amines is 1. The van der Waals surface area contributed by atoms with Gasteiger partial charge in [0.05, 0.1) is 5.69 Å². The Balaban J connectivity index is 1.51. The number of ether oxygens (including phenoxy) is 1. The Morgan fingerprint density at radius 2 is 2.02 bits per heavy atom. The normalized spacial score (nSPS) is 20.5. The zero-order valence-electron chi connectivity index (χ0n) is 22.5. The van der Waals surface area contributed by atoms with Crippen molar-refractivity contribution in [1.29, 1.82) is 0 Å². The third-order valence-corrected chi connectivity index (χ3v) is 7.91. The summed E-state index contributed by atoms with van der Waals surface area (Å²) in [6, 6.07) is -2.32. The number of rotatable bonds is 11. The molecule has 0 saturated carbocycles. The fourth-order valence-corrected chi connectivity index (χ4v) is 5.30. The summed E-state index contributed by atoms with van der Waals surface area (Å²) in [7, 11) is -5.18. The van der Waals surface area contributed by atoms with E-state index in [1.165, 1.54) is 0 Å². The molecule has 1 unspecified atom stereocenters. The molecule has 0 aliphatic carbocycles. The predicted molar refractivity (Wildman–Crippen MR) is 147 cm³/mol. The van der Waals surface area contributed by atoms with Crippen LogP contribution in [0.2, 0.25) is 0 Å².